The summed E-state index contributed by atoms with van der Waals surface area (Å²) < 4.78 is 2.12. The zero-order valence-electron chi connectivity index (χ0n) is 12.2. The molecule has 0 aliphatic rings. The van der Waals surface area contributed by atoms with Gasteiger partial charge in [0.2, 0.25) is 0 Å². The molecule has 0 bridgehead atoms. The molecule has 7 heteroatoms. The van der Waals surface area contributed by atoms with Gasteiger partial charge in [-0.15, -0.1) is 9.94 Å². The molecule has 2 unspecified atom stereocenters. The van der Waals surface area contributed by atoms with E-state index in [0.29, 0.717) is 10.9 Å². The Hall–Kier alpha value is -1.65. The molecule has 2 rings (SSSR count). The van der Waals surface area contributed by atoms with Gasteiger partial charge in [-0.2, -0.15) is 0 Å². The zero-order chi connectivity index (χ0) is 15.6. The summed E-state index contributed by atoms with van der Waals surface area (Å²) in [6, 6.07) is 4.62. The molecule has 2 atom stereocenters. The molecule has 0 radical (unpaired) electrons. The molecule has 0 amide bonds. The van der Waals surface area contributed by atoms with Gasteiger partial charge in [-0.1, -0.05) is 23.2 Å². The molecule has 114 valence electrons. The number of carboxylic acids is 1. The number of hydrogen-bond donors (Lipinski definition) is 2. The zero-order valence-corrected chi connectivity index (χ0v) is 13.3. The van der Waals surface area contributed by atoms with Crippen molar-refractivity contribution in [3.05, 3.63) is 29.5 Å². The lowest BCUT2D eigenvalue weighted by molar-refractivity contribution is 0.0697. The first-order chi connectivity index (χ1) is 9.93. The molecular weight excluding hydrogens is 289 g/mol. The Labute approximate surface area is 125 Å². The van der Waals surface area contributed by atoms with Crippen LogP contribution in [0, 0.1) is 0 Å². The predicted octanol–water partition coefficient (Wildman–Crippen LogP) is 2.58. The molecule has 0 saturated carbocycles. The minimum atomic E-state index is -0.983. The summed E-state index contributed by atoms with van der Waals surface area (Å²) in [6.07, 6.45) is 0.876. The standard InChI is InChI=1S/C14H20N3O3P/c1-3-16(21)7-6-9(2)13-11-8-10(14(18)19)4-5-12(11)17(20)15-13/h4-5,8-9,20H,3,6-7,21H2,1-2H3,(H,18,19). The largest absolute Gasteiger partial charge is 0.478 e. The second-order valence-electron chi connectivity index (χ2n) is 5.13. The van der Waals surface area contributed by atoms with E-state index in [9.17, 15) is 10.0 Å². The number of nitrogens with zero attached hydrogens (tertiary/aromatic N) is 3. The van der Waals surface area contributed by atoms with Gasteiger partial charge in [-0.05, 0) is 31.2 Å². The van der Waals surface area contributed by atoms with Crippen molar-refractivity contribution >= 4 is 26.3 Å². The van der Waals surface area contributed by atoms with Crippen molar-refractivity contribution in [2.75, 3.05) is 13.1 Å². The summed E-state index contributed by atoms with van der Waals surface area (Å²) in [7, 11) is 2.67. The van der Waals surface area contributed by atoms with Crippen molar-refractivity contribution in [1.29, 1.82) is 0 Å². The van der Waals surface area contributed by atoms with Crippen molar-refractivity contribution < 1.29 is 15.1 Å². The molecule has 0 aliphatic carbocycles. The number of benzene rings is 1. The lowest BCUT2D eigenvalue weighted by Gasteiger charge is -2.16. The molecule has 0 saturated heterocycles. The number of hydrogen-bond acceptors (Lipinski definition) is 4. The van der Waals surface area contributed by atoms with E-state index in [2.05, 4.69) is 26.1 Å². The number of aromatic carboxylic acids is 1. The van der Waals surface area contributed by atoms with Gasteiger partial charge in [0.05, 0.1) is 11.3 Å². The highest BCUT2D eigenvalue weighted by Gasteiger charge is 2.18. The van der Waals surface area contributed by atoms with Gasteiger partial charge >= 0.3 is 5.97 Å². The SMILES string of the molecule is CCN(P)CCC(C)c1nn(O)c2ccc(C(=O)O)cc12. The quantitative estimate of drug-likeness (QED) is 0.633. The minimum absolute atomic E-state index is 0.125. The van der Waals surface area contributed by atoms with Crippen LogP contribution in [0.25, 0.3) is 10.9 Å². The Balaban J connectivity index is 2.34. The van der Waals surface area contributed by atoms with Crippen LogP contribution in [0.15, 0.2) is 18.2 Å². The van der Waals surface area contributed by atoms with E-state index in [1.54, 1.807) is 12.1 Å². The molecule has 21 heavy (non-hydrogen) atoms. The Morgan fingerprint density at radius 3 is 2.86 bits per heavy atom. The maximum absolute atomic E-state index is 11.1. The van der Waals surface area contributed by atoms with E-state index in [1.807, 2.05) is 6.92 Å². The van der Waals surface area contributed by atoms with Crippen LogP contribution < -0.4 is 0 Å². The Kier molecular flexibility index (Phi) is 4.80. The van der Waals surface area contributed by atoms with Crippen molar-refractivity contribution in [2.24, 2.45) is 0 Å². The number of rotatable bonds is 6. The van der Waals surface area contributed by atoms with Crippen LogP contribution >= 0.6 is 9.39 Å². The topological polar surface area (TPSA) is 78.6 Å². The van der Waals surface area contributed by atoms with E-state index in [1.165, 1.54) is 6.07 Å². The van der Waals surface area contributed by atoms with Gasteiger partial charge in [0.1, 0.15) is 5.52 Å². The summed E-state index contributed by atoms with van der Waals surface area (Å²) >= 11 is 0. The summed E-state index contributed by atoms with van der Waals surface area (Å²) in [6.45, 7) is 5.94. The lowest BCUT2D eigenvalue weighted by Crippen LogP contribution is -2.14. The number of aromatic nitrogens is 2. The average molecular weight is 309 g/mol. The summed E-state index contributed by atoms with van der Waals surface area (Å²) in [5, 5.41) is 23.8. The van der Waals surface area contributed by atoms with Crippen molar-refractivity contribution in [3.63, 3.8) is 0 Å². The van der Waals surface area contributed by atoms with Gasteiger partial charge in [0.25, 0.3) is 0 Å². The number of fused-ring (bicyclic) bond motifs is 1. The van der Waals surface area contributed by atoms with Gasteiger partial charge in [-0.3, -0.25) is 4.67 Å². The normalized spacial score (nSPS) is 13.0. The molecule has 1 aromatic heterocycles. The molecule has 2 aromatic rings. The summed E-state index contributed by atoms with van der Waals surface area (Å²) in [4.78, 5) is 11.9. The van der Waals surface area contributed by atoms with Crippen LogP contribution in [0.4, 0.5) is 0 Å². The van der Waals surface area contributed by atoms with Gasteiger partial charge < -0.3 is 10.3 Å². The molecule has 6 nitrogen and oxygen atoms in total. The van der Waals surface area contributed by atoms with Gasteiger partial charge in [0, 0.05) is 17.8 Å². The number of carboxylic acid groups (broad SMARTS) is 1. The molecule has 0 fully saturated rings. The predicted molar refractivity (Wildman–Crippen MR) is 83.9 cm³/mol. The highest BCUT2D eigenvalue weighted by molar-refractivity contribution is 7.13. The monoisotopic (exact) mass is 309 g/mol. The summed E-state index contributed by atoms with van der Waals surface area (Å²) in [5.41, 5.74) is 1.45. The third-order valence-corrected chi connectivity index (χ3v) is 4.28. The fourth-order valence-corrected chi connectivity index (χ4v) is 2.43. The van der Waals surface area contributed by atoms with Gasteiger partial charge in [0.15, 0.2) is 0 Å². The second-order valence-corrected chi connectivity index (χ2v) is 5.86. The van der Waals surface area contributed by atoms with Crippen LogP contribution in [0.1, 0.15) is 42.2 Å². The third kappa shape index (κ3) is 3.34. The van der Waals surface area contributed by atoms with E-state index < -0.39 is 5.97 Å². The van der Waals surface area contributed by atoms with E-state index >= 15 is 0 Å². The fourth-order valence-electron chi connectivity index (χ4n) is 2.28. The Morgan fingerprint density at radius 1 is 1.52 bits per heavy atom. The fraction of sp³-hybridized carbons (Fsp3) is 0.429. The molecule has 1 heterocycles. The van der Waals surface area contributed by atoms with Crippen LogP contribution in [-0.2, 0) is 0 Å². The second kappa shape index (κ2) is 6.41. The van der Waals surface area contributed by atoms with Crippen molar-refractivity contribution in [2.45, 2.75) is 26.2 Å². The molecule has 1 aromatic carbocycles. The maximum atomic E-state index is 11.1. The third-order valence-electron chi connectivity index (χ3n) is 3.66. The van der Waals surface area contributed by atoms with Gasteiger partial charge in [-0.25, -0.2) is 4.79 Å². The first kappa shape index (κ1) is 15.7. The molecular formula is C14H20N3O3P. The molecule has 0 spiro atoms. The van der Waals surface area contributed by atoms with Crippen molar-refractivity contribution in [1.82, 2.24) is 14.6 Å². The number of carbonyl (C=O) groups is 1. The first-order valence-electron chi connectivity index (χ1n) is 6.89. The average Bonchev–Trinajstić information content (AvgIpc) is 2.81. The van der Waals surface area contributed by atoms with Crippen LogP contribution in [0.2, 0.25) is 0 Å². The van der Waals surface area contributed by atoms with E-state index in [4.69, 9.17) is 5.11 Å². The molecule has 0 aliphatic heterocycles. The van der Waals surface area contributed by atoms with E-state index in [0.717, 1.165) is 30.0 Å². The Bertz CT molecular complexity index is 656. The highest BCUT2D eigenvalue weighted by atomic mass is 31.0. The van der Waals surface area contributed by atoms with E-state index in [-0.39, 0.29) is 11.5 Å². The minimum Gasteiger partial charge on any atom is -0.478 e. The summed E-state index contributed by atoms with van der Waals surface area (Å²) in [5.74, 6) is -0.858. The highest BCUT2D eigenvalue weighted by Crippen LogP contribution is 2.28. The van der Waals surface area contributed by atoms with Crippen LogP contribution in [0.3, 0.4) is 0 Å². The Morgan fingerprint density at radius 2 is 2.24 bits per heavy atom. The van der Waals surface area contributed by atoms with Crippen molar-refractivity contribution in [3.8, 4) is 0 Å². The molecule has 2 N–H and O–H groups in total. The lowest BCUT2D eigenvalue weighted by atomic mass is 9.99. The van der Waals surface area contributed by atoms with Crippen LogP contribution in [-0.4, -0.2) is 44.0 Å². The first-order valence-corrected chi connectivity index (χ1v) is 7.40. The smallest absolute Gasteiger partial charge is 0.335 e. The maximum Gasteiger partial charge on any atom is 0.335 e. The van der Waals surface area contributed by atoms with Crippen LogP contribution in [0.5, 0.6) is 0 Å².